The Labute approximate surface area is 123 Å². The highest BCUT2D eigenvalue weighted by Crippen LogP contribution is 2.31. The molecule has 2 N–H and O–H groups in total. The third kappa shape index (κ3) is 4.35. The molecule has 1 saturated heterocycles. The summed E-state index contributed by atoms with van der Waals surface area (Å²) in [5.74, 6) is 0. The normalized spacial score (nSPS) is 18.8. The fourth-order valence-electron chi connectivity index (χ4n) is 2.53. The molecule has 2 rings (SSSR count). The van der Waals surface area contributed by atoms with Crippen LogP contribution in [-0.4, -0.2) is 43.7 Å². The van der Waals surface area contributed by atoms with E-state index in [1.165, 1.54) is 12.1 Å². The molecule has 118 valence electrons. The van der Waals surface area contributed by atoms with Crippen molar-refractivity contribution >= 4 is 5.69 Å². The maximum absolute atomic E-state index is 12.7. The van der Waals surface area contributed by atoms with Gasteiger partial charge in [0.25, 0.3) is 0 Å². The number of hydrogen-bond acceptors (Lipinski definition) is 3. The van der Waals surface area contributed by atoms with E-state index in [4.69, 9.17) is 5.73 Å². The Balaban J connectivity index is 1.96. The molecule has 6 heteroatoms. The van der Waals surface area contributed by atoms with Crippen molar-refractivity contribution in [2.24, 2.45) is 5.73 Å². The van der Waals surface area contributed by atoms with E-state index in [0.29, 0.717) is 5.69 Å². The summed E-state index contributed by atoms with van der Waals surface area (Å²) in [5.41, 5.74) is 5.99. The first kappa shape index (κ1) is 16.1. The summed E-state index contributed by atoms with van der Waals surface area (Å²) in [6.45, 7) is 6.06. The van der Waals surface area contributed by atoms with Gasteiger partial charge in [-0.15, -0.1) is 0 Å². The number of alkyl halides is 3. The Bertz CT molecular complexity index is 454. The van der Waals surface area contributed by atoms with E-state index in [-0.39, 0.29) is 6.04 Å². The summed E-state index contributed by atoms with van der Waals surface area (Å²) in [4.78, 5) is 4.28. The zero-order chi connectivity index (χ0) is 15.5. The Morgan fingerprint density at radius 1 is 1.19 bits per heavy atom. The second-order valence-corrected chi connectivity index (χ2v) is 5.50. The van der Waals surface area contributed by atoms with Crippen LogP contribution in [0.25, 0.3) is 0 Å². The highest BCUT2D eigenvalue weighted by Gasteiger charge is 2.31. The molecule has 0 amide bonds. The molecule has 0 radical (unpaired) electrons. The molecule has 1 unspecified atom stereocenters. The number of halogens is 3. The van der Waals surface area contributed by atoms with E-state index in [0.717, 1.165) is 45.2 Å². The summed E-state index contributed by atoms with van der Waals surface area (Å²) in [6, 6.07) is 5.72. The summed E-state index contributed by atoms with van der Waals surface area (Å²) < 4.78 is 38.2. The van der Waals surface area contributed by atoms with Crippen molar-refractivity contribution in [1.82, 2.24) is 4.90 Å². The molecule has 0 aromatic heterocycles. The minimum absolute atomic E-state index is 0.171. The van der Waals surface area contributed by atoms with Crippen LogP contribution in [0.15, 0.2) is 24.3 Å². The van der Waals surface area contributed by atoms with Crippen molar-refractivity contribution in [3.63, 3.8) is 0 Å². The van der Waals surface area contributed by atoms with E-state index in [2.05, 4.69) is 11.8 Å². The zero-order valence-electron chi connectivity index (χ0n) is 12.2. The van der Waals surface area contributed by atoms with Crippen LogP contribution in [0.4, 0.5) is 18.9 Å². The average molecular weight is 301 g/mol. The molecule has 0 bridgehead atoms. The maximum atomic E-state index is 12.7. The van der Waals surface area contributed by atoms with Crippen molar-refractivity contribution < 1.29 is 13.2 Å². The second kappa shape index (κ2) is 6.66. The van der Waals surface area contributed by atoms with E-state index >= 15 is 0 Å². The number of nitrogens with two attached hydrogens (primary N) is 1. The van der Waals surface area contributed by atoms with Gasteiger partial charge in [0.15, 0.2) is 0 Å². The van der Waals surface area contributed by atoms with Gasteiger partial charge in [-0.25, -0.2) is 0 Å². The van der Waals surface area contributed by atoms with Crippen molar-refractivity contribution in [3.8, 4) is 0 Å². The summed E-state index contributed by atoms with van der Waals surface area (Å²) >= 11 is 0. The standard InChI is InChI=1S/C15H22F3N3/c1-2-13(19)11-20-6-8-21(9-7-20)14-5-3-4-12(10-14)15(16,17)18/h3-5,10,13H,2,6-9,11,19H2,1H3. The van der Waals surface area contributed by atoms with E-state index in [9.17, 15) is 13.2 Å². The fraction of sp³-hybridized carbons (Fsp3) is 0.600. The van der Waals surface area contributed by atoms with Gasteiger partial charge in [-0.05, 0) is 24.6 Å². The fourth-order valence-corrected chi connectivity index (χ4v) is 2.53. The van der Waals surface area contributed by atoms with Gasteiger partial charge in [0, 0.05) is 44.5 Å². The Hall–Kier alpha value is -1.27. The monoisotopic (exact) mass is 301 g/mol. The molecule has 1 aromatic carbocycles. The molecule has 1 atom stereocenters. The highest BCUT2D eigenvalue weighted by atomic mass is 19.4. The van der Waals surface area contributed by atoms with Crippen molar-refractivity contribution in [3.05, 3.63) is 29.8 Å². The molecule has 0 aliphatic carbocycles. The third-order valence-electron chi connectivity index (χ3n) is 3.93. The van der Waals surface area contributed by atoms with Crippen LogP contribution in [0, 0.1) is 0 Å². The van der Waals surface area contributed by atoms with Crippen molar-refractivity contribution in [1.29, 1.82) is 0 Å². The SMILES string of the molecule is CCC(N)CN1CCN(c2cccc(C(F)(F)F)c2)CC1. The van der Waals surface area contributed by atoms with Crippen LogP contribution in [-0.2, 0) is 6.18 Å². The molecule has 1 fully saturated rings. The molecule has 1 heterocycles. The van der Waals surface area contributed by atoms with Gasteiger partial charge in [0.05, 0.1) is 5.56 Å². The van der Waals surface area contributed by atoms with Gasteiger partial charge >= 0.3 is 6.18 Å². The van der Waals surface area contributed by atoms with E-state index in [1.54, 1.807) is 6.07 Å². The van der Waals surface area contributed by atoms with Crippen LogP contribution in [0.1, 0.15) is 18.9 Å². The Morgan fingerprint density at radius 2 is 1.86 bits per heavy atom. The zero-order valence-corrected chi connectivity index (χ0v) is 12.2. The first-order valence-corrected chi connectivity index (χ1v) is 7.30. The lowest BCUT2D eigenvalue weighted by molar-refractivity contribution is -0.137. The summed E-state index contributed by atoms with van der Waals surface area (Å²) in [7, 11) is 0. The number of hydrogen-bond donors (Lipinski definition) is 1. The van der Waals surface area contributed by atoms with Gasteiger partial charge in [0.2, 0.25) is 0 Å². The van der Waals surface area contributed by atoms with Crippen LogP contribution < -0.4 is 10.6 Å². The molecular formula is C15H22F3N3. The molecule has 21 heavy (non-hydrogen) atoms. The smallest absolute Gasteiger partial charge is 0.369 e. The highest BCUT2D eigenvalue weighted by molar-refractivity contribution is 5.49. The predicted molar refractivity (Wildman–Crippen MR) is 78.4 cm³/mol. The van der Waals surface area contributed by atoms with Crippen molar-refractivity contribution in [2.45, 2.75) is 25.6 Å². The molecule has 0 saturated carbocycles. The number of benzene rings is 1. The molecule has 3 nitrogen and oxygen atoms in total. The maximum Gasteiger partial charge on any atom is 0.416 e. The molecule has 1 aliphatic rings. The lowest BCUT2D eigenvalue weighted by Crippen LogP contribution is -2.49. The van der Waals surface area contributed by atoms with Gasteiger partial charge in [-0.2, -0.15) is 13.2 Å². The molecule has 1 aliphatic heterocycles. The number of anilines is 1. The van der Waals surface area contributed by atoms with Gasteiger partial charge < -0.3 is 10.6 Å². The average Bonchev–Trinajstić information content (AvgIpc) is 2.47. The minimum atomic E-state index is -4.29. The number of piperazine rings is 1. The molecule has 1 aromatic rings. The third-order valence-corrected chi connectivity index (χ3v) is 3.93. The second-order valence-electron chi connectivity index (χ2n) is 5.50. The van der Waals surface area contributed by atoms with Gasteiger partial charge in [-0.1, -0.05) is 13.0 Å². The van der Waals surface area contributed by atoms with E-state index in [1.807, 2.05) is 4.90 Å². The lowest BCUT2D eigenvalue weighted by Gasteiger charge is -2.37. The van der Waals surface area contributed by atoms with Crippen LogP contribution >= 0.6 is 0 Å². The first-order valence-electron chi connectivity index (χ1n) is 7.30. The molecule has 0 spiro atoms. The predicted octanol–water partition coefficient (Wildman–Crippen LogP) is 2.56. The molecular weight excluding hydrogens is 279 g/mol. The van der Waals surface area contributed by atoms with Crippen LogP contribution in [0.5, 0.6) is 0 Å². The summed E-state index contributed by atoms with van der Waals surface area (Å²) in [6.07, 6.45) is -3.35. The number of nitrogens with zero attached hydrogens (tertiary/aromatic N) is 2. The topological polar surface area (TPSA) is 32.5 Å². The Kier molecular flexibility index (Phi) is 5.11. The summed E-state index contributed by atoms with van der Waals surface area (Å²) in [5, 5.41) is 0. The van der Waals surface area contributed by atoms with Crippen molar-refractivity contribution in [2.75, 3.05) is 37.6 Å². The van der Waals surface area contributed by atoms with Gasteiger partial charge in [0.1, 0.15) is 0 Å². The lowest BCUT2D eigenvalue weighted by atomic mass is 10.1. The van der Waals surface area contributed by atoms with E-state index < -0.39 is 11.7 Å². The number of rotatable bonds is 4. The Morgan fingerprint density at radius 3 is 2.43 bits per heavy atom. The van der Waals surface area contributed by atoms with Gasteiger partial charge in [-0.3, -0.25) is 4.90 Å². The van der Waals surface area contributed by atoms with Crippen LogP contribution in [0.3, 0.4) is 0 Å². The quantitative estimate of drug-likeness (QED) is 0.928. The minimum Gasteiger partial charge on any atom is -0.369 e. The largest absolute Gasteiger partial charge is 0.416 e. The van der Waals surface area contributed by atoms with Crippen LogP contribution in [0.2, 0.25) is 0 Å². The first-order chi connectivity index (χ1) is 9.90.